The van der Waals surface area contributed by atoms with Crippen LogP contribution in [0.1, 0.15) is 80.1 Å². The Morgan fingerprint density at radius 3 is 2.65 bits per heavy atom. The summed E-state index contributed by atoms with van der Waals surface area (Å²) in [5, 5.41) is 14.4. The summed E-state index contributed by atoms with van der Waals surface area (Å²) in [5.41, 5.74) is 4.20. The molecule has 192 valence electrons. The molecule has 37 heavy (non-hydrogen) atoms. The van der Waals surface area contributed by atoms with Crippen molar-refractivity contribution >= 4 is 29.2 Å². The topological polar surface area (TPSA) is 88.2 Å². The Hall–Kier alpha value is -3.37. The van der Waals surface area contributed by atoms with Crippen LogP contribution in [0, 0.1) is 11.3 Å². The van der Waals surface area contributed by atoms with E-state index < -0.39 is 11.7 Å². The maximum absolute atomic E-state index is 13.8. The van der Waals surface area contributed by atoms with Crippen LogP contribution in [0.3, 0.4) is 0 Å². The number of aryl methyl sites for hydroxylation is 1. The van der Waals surface area contributed by atoms with Gasteiger partial charge >= 0.3 is 6.09 Å². The average Bonchev–Trinajstić information content (AvgIpc) is 3.59. The molecule has 1 amide bonds. The molecule has 0 spiro atoms. The lowest BCUT2D eigenvalue weighted by atomic mass is 9.91. The van der Waals surface area contributed by atoms with Gasteiger partial charge in [-0.1, -0.05) is 29.8 Å². The molecule has 1 unspecified atom stereocenters. The van der Waals surface area contributed by atoms with Gasteiger partial charge in [-0.2, -0.15) is 15.0 Å². The fraction of sp³-hybridized carbons (Fsp3) is 0.448. The summed E-state index contributed by atoms with van der Waals surface area (Å²) >= 11 is 6.67. The molecule has 2 aromatic rings. The normalized spacial score (nSPS) is 19.3. The molecule has 0 aliphatic heterocycles. The van der Waals surface area contributed by atoms with E-state index in [-0.39, 0.29) is 18.0 Å². The van der Waals surface area contributed by atoms with Crippen molar-refractivity contribution in [2.24, 2.45) is 0 Å². The van der Waals surface area contributed by atoms with Crippen molar-refractivity contribution in [2.75, 3.05) is 0 Å². The van der Waals surface area contributed by atoms with E-state index >= 15 is 0 Å². The second-order valence-electron chi connectivity index (χ2n) is 11.0. The summed E-state index contributed by atoms with van der Waals surface area (Å²) in [6.45, 7) is 5.48. The van der Waals surface area contributed by atoms with E-state index in [4.69, 9.17) is 16.3 Å². The molecule has 0 radical (unpaired) electrons. The number of ether oxygens (including phenoxy) is 1. The van der Waals surface area contributed by atoms with Crippen molar-refractivity contribution in [3.63, 3.8) is 0 Å². The van der Waals surface area contributed by atoms with Crippen LogP contribution in [-0.4, -0.2) is 44.4 Å². The maximum atomic E-state index is 13.8. The van der Waals surface area contributed by atoms with E-state index in [1.807, 2.05) is 37.8 Å². The summed E-state index contributed by atoms with van der Waals surface area (Å²) in [5.74, 6) is -0.0688. The molecule has 0 bridgehead atoms. The lowest BCUT2D eigenvalue weighted by Gasteiger charge is -2.34. The predicted molar refractivity (Wildman–Crippen MR) is 141 cm³/mol. The SMILES string of the molecule is CC(C)(C)OC(=O)n1cc2c(n1)CCC(N(C(=O)c1ccc(C3=C(C#N)CCC=C3)cc1Cl)C1CC1)C2. The molecule has 0 saturated heterocycles. The first-order valence-electron chi connectivity index (χ1n) is 12.9. The standard InChI is InChI=1S/C29H31ClN4O3/c1-29(2,3)37-28(36)33-17-20-14-22(11-13-26(20)32-33)34(21-9-10-21)27(35)24-12-8-18(15-25(24)30)23-7-5-4-6-19(23)16-31/h5,7-8,12,15,17,21-22H,4,6,9-11,13-14H2,1-3H3. The van der Waals surface area contributed by atoms with Gasteiger partial charge in [-0.05, 0) is 94.5 Å². The molecule has 1 fully saturated rings. The number of aromatic nitrogens is 2. The van der Waals surface area contributed by atoms with Crippen LogP contribution in [0.25, 0.3) is 5.57 Å². The smallest absolute Gasteiger partial charge is 0.435 e. The molecule has 1 atom stereocenters. The highest BCUT2D eigenvalue weighted by atomic mass is 35.5. The highest BCUT2D eigenvalue weighted by Gasteiger charge is 2.40. The summed E-state index contributed by atoms with van der Waals surface area (Å²) < 4.78 is 6.74. The minimum Gasteiger partial charge on any atom is -0.442 e. The van der Waals surface area contributed by atoms with Gasteiger partial charge < -0.3 is 9.64 Å². The summed E-state index contributed by atoms with van der Waals surface area (Å²) in [6.07, 6.45) is 10.9. The number of amides is 1. The molecular weight excluding hydrogens is 488 g/mol. The van der Waals surface area contributed by atoms with Gasteiger partial charge in [0.15, 0.2) is 0 Å². The number of carbonyl (C=O) groups is 2. The van der Waals surface area contributed by atoms with E-state index in [1.165, 1.54) is 4.68 Å². The zero-order valence-corrected chi connectivity index (χ0v) is 22.2. The molecule has 8 heteroatoms. The van der Waals surface area contributed by atoms with Crippen LogP contribution in [-0.2, 0) is 17.6 Å². The highest BCUT2D eigenvalue weighted by Crippen LogP contribution is 2.37. The first-order valence-corrected chi connectivity index (χ1v) is 13.3. The number of carbonyl (C=O) groups excluding carboxylic acids is 2. The van der Waals surface area contributed by atoms with Crippen LogP contribution >= 0.6 is 11.6 Å². The third kappa shape index (κ3) is 5.35. The van der Waals surface area contributed by atoms with E-state index in [0.29, 0.717) is 29.8 Å². The maximum Gasteiger partial charge on any atom is 0.435 e. The van der Waals surface area contributed by atoms with Crippen LogP contribution < -0.4 is 0 Å². The number of nitrogens with zero attached hydrogens (tertiary/aromatic N) is 4. The Kier molecular flexibility index (Phi) is 6.72. The first kappa shape index (κ1) is 25.3. The van der Waals surface area contributed by atoms with Gasteiger partial charge in [0.25, 0.3) is 5.91 Å². The number of allylic oxidation sites excluding steroid dienone is 4. The van der Waals surface area contributed by atoms with Gasteiger partial charge in [0, 0.05) is 23.9 Å². The van der Waals surface area contributed by atoms with E-state index in [9.17, 15) is 14.9 Å². The zero-order valence-electron chi connectivity index (χ0n) is 21.5. The molecule has 7 nitrogen and oxygen atoms in total. The summed E-state index contributed by atoms with van der Waals surface area (Å²) in [6, 6.07) is 7.97. The monoisotopic (exact) mass is 518 g/mol. The van der Waals surface area contributed by atoms with Crippen molar-refractivity contribution in [1.29, 1.82) is 5.26 Å². The Morgan fingerprint density at radius 1 is 1.19 bits per heavy atom. The molecule has 3 aliphatic carbocycles. The van der Waals surface area contributed by atoms with E-state index in [0.717, 1.165) is 53.7 Å². The second-order valence-corrected chi connectivity index (χ2v) is 11.4. The fourth-order valence-corrected chi connectivity index (χ4v) is 5.41. The molecule has 0 N–H and O–H groups in total. The van der Waals surface area contributed by atoms with E-state index in [2.05, 4.69) is 17.2 Å². The van der Waals surface area contributed by atoms with Crippen molar-refractivity contribution in [3.05, 3.63) is 69.5 Å². The predicted octanol–water partition coefficient (Wildman–Crippen LogP) is 6.11. The second kappa shape index (κ2) is 9.83. The third-order valence-corrected chi connectivity index (χ3v) is 7.32. The van der Waals surface area contributed by atoms with Crippen molar-refractivity contribution < 1.29 is 14.3 Å². The van der Waals surface area contributed by atoms with Crippen molar-refractivity contribution in [1.82, 2.24) is 14.7 Å². The lowest BCUT2D eigenvalue weighted by Crippen LogP contribution is -2.45. The number of hydrogen-bond donors (Lipinski definition) is 0. The molecule has 1 saturated carbocycles. The molecule has 1 aromatic heterocycles. The van der Waals surface area contributed by atoms with Crippen LogP contribution in [0.5, 0.6) is 0 Å². The lowest BCUT2D eigenvalue weighted by molar-refractivity contribution is 0.0513. The molecule has 5 rings (SSSR count). The van der Waals surface area contributed by atoms with Gasteiger partial charge in [-0.3, -0.25) is 4.79 Å². The average molecular weight is 519 g/mol. The largest absolute Gasteiger partial charge is 0.442 e. The van der Waals surface area contributed by atoms with Crippen LogP contribution in [0.2, 0.25) is 5.02 Å². The van der Waals surface area contributed by atoms with Gasteiger partial charge in [-0.15, -0.1) is 0 Å². The fourth-order valence-electron chi connectivity index (χ4n) is 5.15. The van der Waals surface area contributed by atoms with Gasteiger partial charge in [-0.25, -0.2) is 4.79 Å². The van der Waals surface area contributed by atoms with Crippen LogP contribution in [0.15, 0.2) is 42.1 Å². The number of nitriles is 1. The number of benzene rings is 1. The Bertz CT molecular complexity index is 1350. The highest BCUT2D eigenvalue weighted by molar-refractivity contribution is 6.34. The number of rotatable bonds is 4. The quantitative estimate of drug-likeness (QED) is 0.487. The molecule has 1 heterocycles. The Labute approximate surface area is 222 Å². The Morgan fingerprint density at radius 2 is 1.97 bits per heavy atom. The first-order chi connectivity index (χ1) is 17.6. The van der Waals surface area contributed by atoms with E-state index in [1.54, 1.807) is 18.3 Å². The Balaban J connectivity index is 1.37. The molecular formula is C29H31ClN4O3. The number of hydrogen-bond acceptors (Lipinski definition) is 5. The molecule has 1 aromatic carbocycles. The minimum absolute atomic E-state index is 0.00806. The zero-order chi connectivity index (χ0) is 26.3. The van der Waals surface area contributed by atoms with Crippen molar-refractivity contribution in [2.45, 2.75) is 83.4 Å². The summed E-state index contributed by atoms with van der Waals surface area (Å²) in [7, 11) is 0. The van der Waals surface area contributed by atoms with Gasteiger partial charge in [0.1, 0.15) is 5.60 Å². The number of fused-ring (bicyclic) bond motifs is 1. The van der Waals surface area contributed by atoms with Crippen molar-refractivity contribution in [3.8, 4) is 6.07 Å². The number of halogens is 1. The molecule has 3 aliphatic rings. The van der Waals surface area contributed by atoms with Gasteiger partial charge in [0.2, 0.25) is 0 Å². The summed E-state index contributed by atoms with van der Waals surface area (Å²) in [4.78, 5) is 28.3. The van der Waals surface area contributed by atoms with Crippen LogP contribution in [0.4, 0.5) is 4.79 Å². The minimum atomic E-state index is -0.601. The van der Waals surface area contributed by atoms with Gasteiger partial charge in [0.05, 0.1) is 22.3 Å². The third-order valence-electron chi connectivity index (χ3n) is 7.01.